The minimum Gasteiger partial charge on any atom is -0.347 e. The van der Waals surface area contributed by atoms with Crippen molar-refractivity contribution in [2.45, 2.75) is 64.6 Å². The van der Waals surface area contributed by atoms with Crippen LogP contribution in [0.4, 0.5) is 0 Å². The van der Waals surface area contributed by atoms with Crippen LogP contribution in [0.25, 0.3) is 0 Å². The van der Waals surface area contributed by atoms with Crippen LogP contribution in [0.2, 0.25) is 0 Å². The molecule has 0 aromatic heterocycles. The zero-order valence-corrected chi connectivity index (χ0v) is 11.3. The highest BCUT2D eigenvalue weighted by Gasteiger charge is 2.58. The van der Waals surface area contributed by atoms with Crippen LogP contribution < -0.4 is 0 Å². The van der Waals surface area contributed by atoms with Crippen LogP contribution in [0.1, 0.15) is 58.8 Å². The number of allylic oxidation sites excluding steroid dienone is 1. The van der Waals surface area contributed by atoms with E-state index in [1.54, 1.807) is 0 Å². The molecule has 1 heterocycles. The van der Waals surface area contributed by atoms with Gasteiger partial charge in [-0.15, -0.1) is 0 Å². The summed E-state index contributed by atoms with van der Waals surface area (Å²) in [5.41, 5.74) is 0.189. The molecule has 1 aliphatic heterocycles. The first-order valence-corrected chi connectivity index (χ1v) is 7.18. The summed E-state index contributed by atoms with van der Waals surface area (Å²) in [6, 6.07) is 0. The quantitative estimate of drug-likeness (QED) is 0.492. The fraction of sp³-hybridized carbons (Fsp3) is 0.867. The molecule has 2 fully saturated rings. The molecule has 1 saturated heterocycles. The molecule has 0 spiro atoms. The molecule has 0 atom stereocenters. The Morgan fingerprint density at radius 3 is 2.35 bits per heavy atom. The van der Waals surface area contributed by atoms with Gasteiger partial charge in [0.2, 0.25) is 0 Å². The van der Waals surface area contributed by atoms with E-state index in [0.29, 0.717) is 0 Å². The topological polar surface area (TPSA) is 18.5 Å². The molecule has 0 amide bonds. The van der Waals surface area contributed by atoms with E-state index in [1.807, 2.05) is 0 Å². The van der Waals surface area contributed by atoms with Crippen LogP contribution in [0.3, 0.4) is 0 Å². The van der Waals surface area contributed by atoms with Gasteiger partial charge in [0.25, 0.3) is 0 Å². The molecular weight excluding hydrogens is 212 g/mol. The van der Waals surface area contributed by atoms with E-state index in [2.05, 4.69) is 26.0 Å². The molecule has 0 unspecified atom stereocenters. The van der Waals surface area contributed by atoms with Crippen molar-refractivity contribution in [2.24, 2.45) is 5.41 Å². The predicted octanol–water partition coefficient (Wildman–Crippen LogP) is 4.06. The smallest absolute Gasteiger partial charge is 0.174 e. The van der Waals surface area contributed by atoms with Crippen molar-refractivity contribution in [1.29, 1.82) is 0 Å². The maximum absolute atomic E-state index is 5.79. The summed E-state index contributed by atoms with van der Waals surface area (Å²) >= 11 is 0. The Balaban J connectivity index is 1.76. The molecule has 0 aromatic rings. The maximum Gasteiger partial charge on any atom is 0.174 e. The molecule has 2 heteroatoms. The fourth-order valence-corrected chi connectivity index (χ4v) is 2.71. The number of rotatable bonds is 7. The molecule has 0 aromatic carbocycles. The maximum atomic E-state index is 5.79. The number of ether oxygens (including phenoxy) is 2. The summed E-state index contributed by atoms with van der Waals surface area (Å²) < 4.78 is 11.6. The fourth-order valence-electron chi connectivity index (χ4n) is 2.71. The van der Waals surface area contributed by atoms with Crippen LogP contribution in [0, 0.1) is 5.41 Å². The Labute approximate surface area is 105 Å². The largest absolute Gasteiger partial charge is 0.347 e. The predicted molar refractivity (Wildman–Crippen MR) is 69.9 cm³/mol. The van der Waals surface area contributed by atoms with Gasteiger partial charge in [-0.3, -0.25) is 0 Å². The zero-order valence-electron chi connectivity index (χ0n) is 11.3. The van der Waals surface area contributed by atoms with Gasteiger partial charge in [0.05, 0.1) is 13.2 Å². The molecular formula is C15H26O2. The second kappa shape index (κ2) is 5.53. The molecule has 2 rings (SSSR count). The van der Waals surface area contributed by atoms with Crippen molar-refractivity contribution in [3.63, 3.8) is 0 Å². The van der Waals surface area contributed by atoms with Gasteiger partial charge in [-0.2, -0.15) is 0 Å². The normalized spacial score (nSPS) is 25.5. The van der Waals surface area contributed by atoms with Crippen LogP contribution in [0.15, 0.2) is 12.2 Å². The van der Waals surface area contributed by atoms with Crippen LogP contribution >= 0.6 is 0 Å². The lowest BCUT2D eigenvalue weighted by Gasteiger charge is -2.30. The number of unbranched alkanes of at least 4 members (excludes halogenated alkanes) is 4. The first kappa shape index (κ1) is 13.1. The van der Waals surface area contributed by atoms with Crippen molar-refractivity contribution < 1.29 is 9.47 Å². The van der Waals surface area contributed by atoms with Crippen molar-refractivity contribution in [2.75, 3.05) is 13.2 Å². The molecule has 2 nitrogen and oxygen atoms in total. The third-order valence-corrected chi connectivity index (χ3v) is 4.19. The van der Waals surface area contributed by atoms with Crippen LogP contribution in [0.5, 0.6) is 0 Å². The van der Waals surface area contributed by atoms with Crippen molar-refractivity contribution >= 4 is 0 Å². The summed E-state index contributed by atoms with van der Waals surface area (Å²) in [6.07, 6.45) is 13.7. The highest BCUT2D eigenvalue weighted by molar-refractivity contribution is 5.16. The lowest BCUT2D eigenvalue weighted by molar-refractivity contribution is -0.179. The third kappa shape index (κ3) is 2.92. The van der Waals surface area contributed by atoms with Crippen molar-refractivity contribution in [1.82, 2.24) is 0 Å². The van der Waals surface area contributed by atoms with Crippen LogP contribution in [-0.4, -0.2) is 19.0 Å². The number of hydrogen-bond donors (Lipinski definition) is 0. The van der Waals surface area contributed by atoms with E-state index in [-0.39, 0.29) is 11.2 Å². The highest BCUT2D eigenvalue weighted by Crippen LogP contribution is 2.58. The van der Waals surface area contributed by atoms with E-state index in [0.717, 1.165) is 13.2 Å². The van der Waals surface area contributed by atoms with Crippen molar-refractivity contribution in [3.05, 3.63) is 12.2 Å². The molecule has 0 N–H and O–H groups in total. The Morgan fingerprint density at radius 2 is 1.76 bits per heavy atom. The molecule has 2 aliphatic rings. The first-order valence-electron chi connectivity index (χ1n) is 7.18. The standard InChI is InChI=1S/C15H26O2/c1-3-4-5-6-7-8-9-15(10-11-15)14(2)16-12-13-17-14/h8-9H,3-7,10-13H2,1-2H3/b9-8-. The van der Waals surface area contributed by atoms with E-state index < -0.39 is 0 Å². The summed E-state index contributed by atoms with van der Waals surface area (Å²) in [5, 5.41) is 0. The second-order valence-corrected chi connectivity index (χ2v) is 5.55. The van der Waals surface area contributed by atoms with Gasteiger partial charge in [0.1, 0.15) is 0 Å². The highest BCUT2D eigenvalue weighted by atomic mass is 16.7. The lowest BCUT2D eigenvalue weighted by atomic mass is 9.95. The zero-order chi connectivity index (χ0) is 12.2. The Morgan fingerprint density at radius 1 is 1.06 bits per heavy atom. The summed E-state index contributed by atoms with van der Waals surface area (Å²) in [5.74, 6) is -0.340. The lowest BCUT2D eigenvalue weighted by Crippen LogP contribution is -2.36. The first-order chi connectivity index (χ1) is 8.22. The van der Waals surface area contributed by atoms with E-state index in [9.17, 15) is 0 Å². The monoisotopic (exact) mass is 238 g/mol. The van der Waals surface area contributed by atoms with Crippen molar-refractivity contribution in [3.8, 4) is 0 Å². The molecule has 0 radical (unpaired) electrons. The van der Waals surface area contributed by atoms with Gasteiger partial charge < -0.3 is 9.47 Å². The summed E-state index contributed by atoms with van der Waals surface area (Å²) in [7, 11) is 0. The third-order valence-electron chi connectivity index (χ3n) is 4.19. The molecule has 17 heavy (non-hydrogen) atoms. The molecule has 1 aliphatic carbocycles. The Kier molecular flexibility index (Phi) is 4.26. The minimum atomic E-state index is -0.340. The van der Waals surface area contributed by atoms with Gasteiger partial charge >= 0.3 is 0 Å². The second-order valence-electron chi connectivity index (χ2n) is 5.55. The average Bonchev–Trinajstić information content (AvgIpc) is 3.00. The van der Waals surface area contributed by atoms with E-state index in [4.69, 9.17) is 9.47 Å². The molecule has 1 saturated carbocycles. The van der Waals surface area contributed by atoms with Gasteiger partial charge in [0, 0.05) is 5.41 Å². The molecule has 98 valence electrons. The summed E-state index contributed by atoms with van der Waals surface area (Å²) in [4.78, 5) is 0. The van der Waals surface area contributed by atoms with Gasteiger partial charge in [-0.05, 0) is 32.6 Å². The average molecular weight is 238 g/mol. The van der Waals surface area contributed by atoms with Gasteiger partial charge in [-0.1, -0.05) is 38.3 Å². The summed E-state index contributed by atoms with van der Waals surface area (Å²) in [6.45, 7) is 5.87. The Hall–Kier alpha value is -0.340. The van der Waals surface area contributed by atoms with E-state index >= 15 is 0 Å². The molecule has 0 bridgehead atoms. The number of hydrogen-bond acceptors (Lipinski definition) is 2. The van der Waals surface area contributed by atoms with Crippen LogP contribution in [-0.2, 0) is 9.47 Å². The SMILES string of the molecule is CCCCCC/C=C\C1(C2(C)OCCO2)CC1. The Bertz CT molecular complexity index is 260. The van der Waals surface area contributed by atoms with E-state index in [1.165, 1.54) is 44.9 Å². The minimum absolute atomic E-state index is 0.189. The van der Waals surface area contributed by atoms with Gasteiger partial charge in [0.15, 0.2) is 5.79 Å². The van der Waals surface area contributed by atoms with Gasteiger partial charge in [-0.25, -0.2) is 0 Å².